The van der Waals surface area contributed by atoms with E-state index in [-0.39, 0.29) is 16.4 Å². The zero-order valence-corrected chi connectivity index (χ0v) is 12.8. The number of primary sulfonamides is 1. The number of nitrogens with zero attached hydrogens (tertiary/aromatic N) is 1. The minimum absolute atomic E-state index is 0.108. The van der Waals surface area contributed by atoms with E-state index in [9.17, 15) is 13.2 Å². The van der Waals surface area contributed by atoms with Crippen molar-refractivity contribution in [3.8, 4) is 0 Å². The van der Waals surface area contributed by atoms with Crippen LogP contribution in [0.5, 0.6) is 0 Å². The van der Waals surface area contributed by atoms with Gasteiger partial charge in [-0.25, -0.2) is 13.6 Å². The molecule has 1 fully saturated rings. The van der Waals surface area contributed by atoms with Crippen LogP contribution < -0.4 is 5.14 Å². The van der Waals surface area contributed by atoms with E-state index in [1.807, 2.05) is 6.92 Å². The maximum absolute atomic E-state index is 12.4. The van der Waals surface area contributed by atoms with Crippen molar-refractivity contribution in [3.05, 3.63) is 29.3 Å². The maximum Gasteiger partial charge on any atom is 0.254 e. The summed E-state index contributed by atoms with van der Waals surface area (Å²) in [4.78, 5) is 13.9. The normalized spacial score (nSPS) is 21.6. The molecule has 1 saturated carbocycles. The van der Waals surface area contributed by atoms with E-state index in [1.165, 1.54) is 6.07 Å². The number of sulfonamides is 1. The summed E-state index contributed by atoms with van der Waals surface area (Å²) in [5.41, 5.74) is 0.984. The third kappa shape index (κ3) is 3.19. The lowest BCUT2D eigenvalue weighted by atomic mass is 10.1. The molecule has 6 heteroatoms. The summed E-state index contributed by atoms with van der Waals surface area (Å²) in [5.74, 6) is 0.865. The Hall–Kier alpha value is -1.40. The summed E-state index contributed by atoms with van der Waals surface area (Å²) < 4.78 is 23.2. The lowest BCUT2D eigenvalue weighted by molar-refractivity contribution is 0.0783. The van der Waals surface area contributed by atoms with E-state index < -0.39 is 10.0 Å². The Bertz CT molecular complexity index is 640. The molecule has 2 unspecified atom stereocenters. The first-order valence-electron chi connectivity index (χ1n) is 6.59. The van der Waals surface area contributed by atoms with Gasteiger partial charge in [0.1, 0.15) is 0 Å². The monoisotopic (exact) mass is 296 g/mol. The van der Waals surface area contributed by atoms with Gasteiger partial charge >= 0.3 is 0 Å². The molecule has 2 atom stereocenters. The molecule has 1 aliphatic rings. The van der Waals surface area contributed by atoms with E-state index in [0.29, 0.717) is 18.4 Å². The number of amides is 1. The standard InChI is InChI=1S/C14H20N2O3S/c1-9-4-5-13(20(15,18)19)12(6-9)14(17)16(3)8-11-7-10(11)2/h4-6,10-11H,7-8H2,1-3H3,(H2,15,18,19). The van der Waals surface area contributed by atoms with Crippen molar-refractivity contribution < 1.29 is 13.2 Å². The summed E-state index contributed by atoms with van der Waals surface area (Å²) in [6.07, 6.45) is 1.12. The minimum atomic E-state index is -3.90. The second-order valence-corrected chi connectivity index (χ2v) is 7.23. The number of benzene rings is 1. The number of hydrogen-bond donors (Lipinski definition) is 1. The molecule has 0 bridgehead atoms. The van der Waals surface area contributed by atoms with Crippen LogP contribution in [0.3, 0.4) is 0 Å². The summed E-state index contributed by atoms with van der Waals surface area (Å²) in [7, 11) is -2.20. The van der Waals surface area contributed by atoms with E-state index in [1.54, 1.807) is 24.1 Å². The largest absolute Gasteiger partial charge is 0.341 e. The second kappa shape index (κ2) is 5.18. The van der Waals surface area contributed by atoms with Crippen molar-refractivity contribution in [1.29, 1.82) is 0 Å². The average Bonchev–Trinajstić information content (AvgIpc) is 3.02. The van der Waals surface area contributed by atoms with Gasteiger partial charge in [-0.2, -0.15) is 0 Å². The Morgan fingerprint density at radius 1 is 1.45 bits per heavy atom. The van der Waals surface area contributed by atoms with Gasteiger partial charge in [-0.15, -0.1) is 0 Å². The molecule has 0 spiro atoms. The third-order valence-electron chi connectivity index (χ3n) is 3.80. The van der Waals surface area contributed by atoms with Crippen molar-refractivity contribution in [1.82, 2.24) is 4.90 Å². The van der Waals surface area contributed by atoms with Gasteiger partial charge in [0.15, 0.2) is 0 Å². The van der Waals surface area contributed by atoms with E-state index in [4.69, 9.17) is 5.14 Å². The Labute approximate surface area is 119 Å². The smallest absolute Gasteiger partial charge is 0.254 e. The quantitative estimate of drug-likeness (QED) is 0.911. The average molecular weight is 296 g/mol. The molecule has 1 amide bonds. The maximum atomic E-state index is 12.4. The zero-order chi connectivity index (χ0) is 15.1. The van der Waals surface area contributed by atoms with Crippen LogP contribution in [-0.4, -0.2) is 32.8 Å². The van der Waals surface area contributed by atoms with Crippen LogP contribution >= 0.6 is 0 Å². The van der Waals surface area contributed by atoms with Gasteiger partial charge < -0.3 is 4.90 Å². The molecule has 110 valence electrons. The molecule has 1 aliphatic carbocycles. The number of rotatable bonds is 4. The van der Waals surface area contributed by atoms with Crippen molar-refractivity contribution >= 4 is 15.9 Å². The van der Waals surface area contributed by atoms with Gasteiger partial charge in [-0.05, 0) is 37.3 Å². The first-order chi connectivity index (χ1) is 9.20. The van der Waals surface area contributed by atoms with Crippen LogP contribution in [0.1, 0.15) is 29.3 Å². The number of carbonyl (C=O) groups excluding carboxylic acids is 1. The summed E-state index contributed by atoms with van der Waals surface area (Å²) in [5, 5.41) is 5.18. The van der Waals surface area contributed by atoms with E-state index in [0.717, 1.165) is 12.0 Å². The lowest BCUT2D eigenvalue weighted by Crippen LogP contribution is -2.31. The molecule has 0 saturated heterocycles. The molecular weight excluding hydrogens is 276 g/mol. The molecular formula is C14H20N2O3S. The number of nitrogens with two attached hydrogens (primary N) is 1. The highest BCUT2D eigenvalue weighted by molar-refractivity contribution is 7.89. The molecule has 0 aliphatic heterocycles. The highest BCUT2D eigenvalue weighted by Crippen LogP contribution is 2.38. The lowest BCUT2D eigenvalue weighted by Gasteiger charge is -2.19. The van der Waals surface area contributed by atoms with Crippen molar-refractivity contribution in [2.75, 3.05) is 13.6 Å². The fraction of sp³-hybridized carbons (Fsp3) is 0.500. The highest BCUT2D eigenvalue weighted by Gasteiger charge is 2.34. The molecule has 0 heterocycles. The fourth-order valence-corrected chi connectivity index (χ4v) is 3.06. The van der Waals surface area contributed by atoms with Gasteiger partial charge in [-0.3, -0.25) is 4.79 Å². The number of carbonyl (C=O) groups is 1. The van der Waals surface area contributed by atoms with Crippen LogP contribution in [0.2, 0.25) is 0 Å². The van der Waals surface area contributed by atoms with Crippen molar-refractivity contribution in [2.45, 2.75) is 25.2 Å². The molecule has 2 N–H and O–H groups in total. The predicted molar refractivity (Wildman–Crippen MR) is 76.8 cm³/mol. The van der Waals surface area contributed by atoms with Crippen molar-refractivity contribution in [3.63, 3.8) is 0 Å². The van der Waals surface area contributed by atoms with Crippen LogP contribution in [-0.2, 0) is 10.0 Å². The number of aryl methyl sites for hydroxylation is 1. The molecule has 0 radical (unpaired) electrons. The van der Waals surface area contributed by atoms with E-state index >= 15 is 0 Å². The minimum Gasteiger partial charge on any atom is -0.341 e. The molecule has 1 aromatic rings. The first kappa shape index (κ1) is 15.0. The third-order valence-corrected chi connectivity index (χ3v) is 4.77. The van der Waals surface area contributed by atoms with Gasteiger partial charge in [-0.1, -0.05) is 18.6 Å². The van der Waals surface area contributed by atoms with Gasteiger partial charge in [0.2, 0.25) is 10.0 Å². The van der Waals surface area contributed by atoms with E-state index in [2.05, 4.69) is 6.92 Å². The molecule has 2 rings (SSSR count). The van der Waals surface area contributed by atoms with Crippen LogP contribution in [0.15, 0.2) is 23.1 Å². The van der Waals surface area contributed by atoms with Crippen LogP contribution in [0.25, 0.3) is 0 Å². The van der Waals surface area contributed by atoms with Gasteiger partial charge in [0.25, 0.3) is 5.91 Å². The molecule has 5 nitrogen and oxygen atoms in total. The molecule has 0 aromatic heterocycles. The topological polar surface area (TPSA) is 80.5 Å². The fourth-order valence-electron chi connectivity index (χ4n) is 2.35. The highest BCUT2D eigenvalue weighted by atomic mass is 32.2. The molecule has 1 aromatic carbocycles. The summed E-state index contributed by atoms with van der Waals surface area (Å²) >= 11 is 0. The summed E-state index contributed by atoms with van der Waals surface area (Å²) in [6.45, 7) is 4.61. The van der Waals surface area contributed by atoms with Crippen LogP contribution in [0, 0.1) is 18.8 Å². The first-order valence-corrected chi connectivity index (χ1v) is 8.13. The van der Waals surface area contributed by atoms with Gasteiger partial charge in [0, 0.05) is 13.6 Å². The SMILES string of the molecule is Cc1ccc(S(N)(=O)=O)c(C(=O)N(C)CC2CC2C)c1. The summed E-state index contributed by atoms with van der Waals surface area (Å²) in [6, 6.07) is 4.61. The van der Waals surface area contributed by atoms with Crippen molar-refractivity contribution in [2.24, 2.45) is 17.0 Å². The van der Waals surface area contributed by atoms with Gasteiger partial charge in [0.05, 0.1) is 10.5 Å². The Morgan fingerprint density at radius 3 is 2.55 bits per heavy atom. The Kier molecular flexibility index (Phi) is 3.88. The Balaban J connectivity index is 2.30. The zero-order valence-electron chi connectivity index (χ0n) is 12.0. The molecule has 20 heavy (non-hydrogen) atoms. The number of hydrogen-bond acceptors (Lipinski definition) is 3. The Morgan fingerprint density at radius 2 is 2.05 bits per heavy atom. The second-order valence-electron chi connectivity index (χ2n) is 5.70. The predicted octanol–water partition coefficient (Wildman–Crippen LogP) is 1.37. The van der Waals surface area contributed by atoms with Crippen LogP contribution in [0.4, 0.5) is 0 Å².